The van der Waals surface area contributed by atoms with Crippen molar-refractivity contribution in [2.24, 2.45) is 0 Å². The summed E-state index contributed by atoms with van der Waals surface area (Å²) in [5, 5.41) is 3.14. The van der Waals surface area contributed by atoms with Gasteiger partial charge >= 0.3 is 0 Å². The average molecular weight is 179 g/mol. The lowest BCUT2D eigenvalue weighted by atomic mass is 10.2. The summed E-state index contributed by atoms with van der Waals surface area (Å²) < 4.78 is 5.52. The van der Waals surface area contributed by atoms with Crippen LogP contribution in [0.3, 0.4) is 0 Å². The fraction of sp³-hybridized carbons (Fsp3) is 0.556. The molecule has 2 heterocycles. The van der Waals surface area contributed by atoms with Crippen LogP contribution in [0, 0.1) is 6.92 Å². The molecular formula is C9H13N3O. The van der Waals surface area contributed by atoms with Crippen molar-refractivity contribution >= 4 is 0 Å². The Morgan fingerprint density at radius 1 is 1.46 bits per heavy atom. The molecule has 1 aromatic rings. The van der Waals surface area contributed by atoms with Crippen LogP contribution in [-0.4, -0.2) is 29.2 Å². The molecule has 0 radical (unpaired) electrons. The molecule has 1 aliphatic heterocycles. The van der Waals surface area contributed by atoms with Gasteiger partial charge in [-0.15, -0.1) is 0 Å². The highest BCUT2D eigenvalue weighted by atomic mass is 16.5. The number of ether oxygens (including phenoxy) is 1. The predicted octanol–water partition coefficient (Wildman–Crippen LogP) is 0.273. The smallest absolute Gasteiger partial charge is 0.153 e. The highest BCUT2D eigenvalue weighted by molar-refractivity contribution is 5.01. The normalized spacial score (nSPS) is 17.0. The van der Waals surface area contributed by atoms with Crippen LogP contribution in [0.1, 0.15) is 11.4 Å². The van der Waals surface area contributed by atoms with Crippen molar-refractivity contribution in [3.05, 3.63) is 23.8 Å². The number of nitrogens with zero attached hydrogens (tertiary/aromatic N) is 2. The maximum absolute atomic E-state index is 5.52. The van der Waals surface area contributed by atoms with Crippen LogP contribution in [0.25, 0.3) is 0 Å². The van der Waals surface area contributed by atoms with E-state index < -0.39 is 0 Å². The Labute approximate surface area is 77.4 Å². The lowest BCUT2D eigenvalue weighted by Crippen LogP contribution is -2.48. The highest BCUT2D eigenvalue weighted by Gasteiger charge is 2.16. The molecule has 4 heteroatoms. The third kappa shape index (κ3) is 2.23. The van der Waals surface area contributed by atoms with E-state index in [0.29, 0.717) is 12.7 Å². The molecule has 1 fully saturated rings. The Balaban J connectivity index is 1.83. The zero-order valence-electron chi connectivity index (χ0n) is 7.66. The number of aromatic nitrogens is 2. The van der Waals surface area contributed by atoms with E-state index >= 15 is 0 Å². The zero-order valence-corrected chi connectivity index (χ0v) is 7.66. The number of hydrogen-bond acceptors (Lipinski definition) is 4. The second kappa shape index (κ2) is 3.81. The maximum Gasteiger partial charge on any atom is 0.153 e. The molecule has 1 saturated heterocycles. The molecule has 13 heavy (non-hydrogen) atoms. The van der Waals surface area contributed by atoms with Gasteiger partial charge in [0.1, 0.15) is 6.61 Å². The van der Waals surface area contributed by atoms with Crippen LogP contribution in [-0.2, 0) is 11.3 Å². The Morgan fingerprint density at radius 3 is 2.69 bits per heavy atom. The van der Waals surface area contributed by atoms with Crippen LogP contribution >= 0.6 is 0 Å². The van der Waals surface area contributed by atoms with Crippen molar-refractivity contribution in [3.8, 4) is 0 Å². The maximum atomic E-state index is 5.52. The first kappa shape index (κ1) is 8.59. The minimum Gasteiger partial charge on any atom is -0.368 e. The molecule has 0 amide bonds. The summed E-state index contributed by atoms with van der Waals surface area (Å²) in [4.78, 5) is 8.30. The van der Waals surface area contributed by atoms with E-state index in [4.69, 9.17) is 4.74 Å². The molecule has 1 aromatic heterocycles. The van der Waals surface area contributed by atoms with Crippen LogP contribution in [0.15, 0.2) is 12.4 Å². The Bertz CT molecular complexity index is 269. The van der Waals surface area contributed by atoms with E-state index in [1.807, 2.05) is 19.3 Å². The van der Waals surface area contributed by atoms with Crippen LogP contribution in [0.4, 0.5) is 0 Å². The largest absolute Gasteiger partial charge is 0.368 e. The number of hydrogen-bond donors (Lipinski definition) is 1. The summed E-state index contributed by atoms with van der Waals surface area (Å²) in [6.07, 6.45) is 3.97. The number of aryl methyl sites for hydroxylation is 1. The molecule has 70 valence electrons. The second-order valence-electron chi connectivity index (χ2n) is 3.27. The van der Waals surface area contributed by atoms with Crippen molar-refractivity contribution in [3.63, 3.8) is 0 Å². The predicted molar refractivity (Wildman–Crippen MR) is 48.2 cm³/mol. The average Bonchev–Trinajstić information content (AvgIpc) is 2.05. The van der Waals surface area contributed by atoms with E-state index in [0.717, 1.165) is 24.5 Å². The van der Waals surface area contributed by atoms with E-state index in [-0.39, 0.29) is 0 Å². The van der Waals surface area contributed by atoms with Crippen molar-refractivity contribution in [2.75, 3.05) is 13.1 Å². The van der Waals surface area contributed by atoms with Gasteiger partial charge in [-0.25, -0.2) is 9.97 Å². The lowest BCUT2D eigenvalue weighted by Gasteiger charge is -2.26. The fourth-order valence-electron chi connectivity index (χ4n) is 1.07. The van der Waals surface area contributed by atoms with Crippen molar-refractivity contribution < 1.29 is 4.74 Å². The van der Waals surface area contributed by atoms with Crippen LogP contribution < -0.4 is 5.32 Å². The van der Waals surface area contributed by atoms with Gasteiger partial charge in [-0.2, -0.15) is 0 Å². The van der Waals surface area contributed by atoms with E-state index in [2.05, 4.69) is 15.3 Å². The summed E-state index contributed by atoms with van der Waals surface area (Å²) >= 11 is 0. The van der Waals surface area contributed by atoms with Gasteiger partial charge in [-0.05, 0) is 12.5 Å². The molecule has 0 aliphatic carbocycles. The van der Waals surface area contributed by atoms with E-state index in [1.165, 1.54) is 0 Å². The summed E-state index contributed by atoms with van der Waals surface area (Å²) in [6, 6.07) is 0. The second-order valence-corrected chi connectivity index (χ2v) is 3.27. The molecule has 4 nitrogen and oxygen atoms in total. The van der Waals surface area contributed by atoms with Gasteiger partial charge in [-0.1, -0.05) is 0 Å². The molecule has 1 N–H and O–H groups in total. The summed E-state index contributed by atoms with van der Waals surface area (Å²) in [5.41, 5.74) is 1.08. The fourth-order valence-corrected chi connectivity index (χ4v) is 1.07. The van der Waals surface area contributed by atoms with E-state index in [1.54, 1.807) is 0 Å². The first-order chi connectivity index (χ1) is 6.34. The summed E-state index contributed by atoms with van der Waals surface area (Å²) in [6.45, 7) is 4.39. The summed E-state index contributed by atoms with van der Waals surface area (Å²) in [5.74, 6) is 0.762. The Hall–Kier alpha value is -1.00. The first-order valence-corrected chi connectivity index (χ1v) is 4.44. The third-order valence-electron chi connectivity index (χ3n) is 2.03. The van der Waals surface area contributed by atoms with Crippen LogP contribution in [0.2, 0.25) is 0 Å². The van der Waals surface area contributed by atoms with Crippen molar-refractivity contribution in [2.45, 2.75) is 19.6 Å². The highest BCUT2D eigenvalue weighted by Crippen LogP contribution is 2.02. The monoisotopic (exact) mass is 179 g/mol. The molecule has 0 unspecified atom stereocenters. The zero-order chi connectivity index (χ0) is 9.10. The van der Waals surface area contributed by atoms with Gasteiger partial charge in [0.2, 0.25) is 0 Å². The van der Waals surface area contributed by atoms with Gasteiger partial charge in [0.05, 0.1) is 6.10 Å². The Kier molecular flexibility index (Phi) is 2.52. The molecule has 0 aromatic carbocycles. The SMILES string of the molecule is Cc1cnc(COC2CNC2)nc1. The molecular weight excluding hydrogens is 166 g/mol. The standard InChI is InChI=1S/C9H13N3O/c1-7-2-11-9(12-3-7)6-13-8-4-10-5-8/h2-3,8,10H,4-6H2,1H3. The minimum absolute atomic E-state index is 0.352. The third-order valence-corrected chi connectivity index (χ3v) is 2.03. The van der Waals surface area contributed by atoms with Crippen LogP contribution in [0.5, 0.6) is 0 Å². The topological polar surface area (TPSA) is 47.0 Å². The summed E-state index contributed by atoms with van der Waals surface area (Å²) in [7, 11) is 0. The van der Waals surface area contributed by atoms with Crippen molar-refractivity contribution in [1.82, 2.24) is 15.3 Å². The molecule has 1 aliphatic rings. The molecule has 0 bridgehead atoms. The molecule has 0 atom stereocenters. The van der Waals surface area contributed by atoms with Gasteiger partial charge < -0.3 is 10.1 Å². The quantitative estimate of drug-likeness (QED) is 0.723. The number of rotatable bonds is 3. The van der Waals surface area contributed by atoms with E-state index in [9.17, 15) is 0 Å². The van der Waals surface area contributed by atoms with Gasteiger partial charge in [0, 0.05) is 25.5 Å². The van der Waals surface area contributed by atoms with Gasteiger partial charge in [0.25, 0.3) is 0 Å². The lowest BCUT2D eigenvalue weighted by molar-refractivity contribution is 0.00437. The number of nitrogens with one attached hydrogen (secondary N) is 1. The molecule has 0 saturated carbocycles. The van der Waals surface area contributed by atoms with Gasteiger partial charge in [-0.3, -0.25) is 0 Å². The molecule has 2 rings (SSSR count). The minimum atomic E-state index is 0.352. The van der Waals surface area contributed by atoms with Crippen molar-refractivity contribution in [1.29, 1.82) is 0 Å². The Morgan fingerprint density at radius 2 is 2.15 bits per heavy atom. The molecule has 0 spiro atoms. The van der Waals surface area contributed by atoms with Gasteiger partial charge in [0.15, 0.2) is 5.82 Å². The first-order valence-electron chi connectivity index (χ1n) is 4.44.